The highest BCUT2D eigenvalue weighted by Gasteiger charge is 2.06. The number of nitrogens with zero attached hydrogens (tertiary/aromatic N) is 1. The number of halogens is 1. The highest BCUT2D eigenvalue weighted by Crippen LogP contribution is 2.25. The standard InChI is InChI=1S/C19H17ClN2O2S/c1-13-12-25-19(22-13)14-6-8-16(9-7-14)24-11-18(23)21-10-15-4-2-3-5-17(15)20/h2-9,12H,10-11H2,1H3,(H,21,23). The lowest BCUT2D eigenvalue weighted by Crippen LogP contribution is -2.28. The molecule has 1 N–H and O–H groups in total. The maximum Gasteiger partial charge on any atom is 0.258 e. The van der Waals surface area contributed by atoms with E-state index >= 15 is 0 Å². The van der Waals surface area contributed by atoms with Crippen molar-refractivity contribution in [3.8, 4) is 16.3 Å². The fourth-order valence-electron chi connectivity index (χ4n) is 2.22. The lowest BCUT2D eigenvalue weighted by Gasteiger charge is -2.09. The summed E-state index contributed by atoms with van der Waals surface area (Å²) in [6.07, 6.45) is 0. The van der Waals surface area contributed by atoms with E-state index < -0.39 is 0 Å². The third kappa shape index (κ3) is 4.81. The predicted molar refractivity (Wildman–Crippen MR) is 101 cm³/mol. The maximum atomic E-state index is 11.9. The number of rotatable bonds is 6. The minimum atomic E-state index is -0.195. The maximum absolute atomic E-state index is 11.9. The quantitative estimate of drug-likeness (QED) is 0.694. The Morgan fingerprint density at radius 3 is 2.64 bits per heavy atom. The molecule has 3 rings (SSSR count). The third-order valence-electron chi connectivity index (χ3n) is 3.52. The van der Waals surface area contributed by atoms with Gasteiger partial charge in [0.15, 0.2) is 6.61 Å². The molecular formula is C19H17ClN2O2S. The summed E-state index contributed by atoms with van der Waals surface area (Å²) >= 11 is 7.67. The van der Waals surface area contributed by atoms with Gasteiger partial charge in [-0.05, 0) is 42.8 Å². The molecule has 0 radical (unpaired) electrons. The van der Waals surface area contributed by atoms with Gasteiger partial charge in [0.2, 0.25) is 0 Å². The first-order chi connectivity index (χ1) is 12.1. The Labute approximate surface area is 155 Å². The highest BCUT2D eigenvalue weighted by molar-refractivity contribution is 7.13. The number of aromatic nitrogens is 1. The normalized spacial score (nSPS) is 10.5. The van der Waals surface area contributed by atoms with Crippen molar-refractivity contribution in [2.45, 2.75) is 13.5 Å². The predicted octanol–water partition coefficient (Wildman–Crippen LogP) is 4.47. The van der Waals surface area contributed by atoms with Crippen molar-refractivity contribution in [2.24, 2.45) is 0 Å². The van der Waals surface area contributed by atoms with Crippen LogP contribution in [-0.2, 0) is 11.3 Å². The molecule has 0 bridgehead atoms. The molecule has 0 fully saturated rings. The average molecular weight is 373 g/mol. The second-order valence-electron chi connectivity index (χ2n) is 5.48. The SMILES string of the molecule is Cc1csc(-c2ccc(OCC(=O)NCc3ccccc3Cl)cc2)n1. The second-order valence-corrected chi connectivity index (χ2v) is 6.74. The number of hydrogen-bond donors (Lipinski definition) is 1. The lowest BCUT2D eigenvalue weighted by atomic mass is 10.2. The molecule has 1 aromatic heterocycles. The first-order valence-electron chi connectivity index (χ1n) is 7.77. The van der Waals surface area contributed by atoms with Gasteiger partial charge in [0.1, 0.15) is 10.8 Å². The van der Waals surface area contributed by atoms with Crippen LogP contribution in [-0.4, -0.2) is 17.5 Å². The molecule has 0 atom stereocenters. The van der Waals surface area contributed by atoms with E-state index in [2.05, 4.69) is 10.3 Å². The van der Waals surface area contributed by atoms with E-state index in [-0.39, 0.29) is 12.5 Å². The zero-order chi connectivity index (χ0) is 17.6. The zero-order valence-corrected chi connectivity index (χ0v) is 15.2. The van der Waals surface area contributed by atoms with E-state index in [4.69, 9.17) is 16.3 Å². The van der Waals surface area contributed by atoms with E-state index in [1.165, 1.54) is 0 Å². The summed E-state index contributed by atoms with van der Waals surface area (Å²) in [7, 11) is 0. The molecule has 0 saturated heterocycles. The third-order valence-corrected chi connectivity index (χ3v) is 4.90. The topological polar surface area (TPSA) is 51.2 Å². The number of thiazole rings is 1. The molecule has 0 spiro atoms. The van der Waals surface area contributed by atoms with Crippen LogP contribution in [0.15, 0.2) is 53.9 Å². The van der Waals surface area contributed by atoms with E-state index in [1.54, 1.807) is 17.4 Å². The fraction of sp³-hybridized carbons (Fsp3) is 0.158. The Balaban J connectivity index is 1.49. The number of benzene rings is 2. The van der Waals surface area contributed by atoms with E-state index in [0.29, 0.717) is 17.3 Å². The number of carbonyl (C=O) groups is 1. The molecule has 0 aliphatic heterocycles. The molecule has 0 unspecified atom stereocenters. The number of aryl methyl sites for hydroxylation is 1. The van der Waals surface area contributed by atoms with Gasteiger partial charge in [0.25, 0.3) is 5.91 Å². The van der Waals surface area contributed by atoms with Crippen LogP contribution in [0.25, 0.3) is 10.6 Å². The van der Waals surface area contributed by atoms with E-state index in [9.17, 15) is 4.79 Å². The average Bonchev–Trinajstić information content (AvgIpc) is 3.06. The monoisotopic (exact) mass is 372 g/mol. The summed E-state index contributed by atoms with van der Waals surface area (Å²) in [6, 6.07) is 15.0. The minimum absolute atomic E-state index is 0.0415. The van der Waals surface area contributed by atoms with Crippen LogP contribution in [0, 0.1) is 6.92 Å². The van der Waals surface area contributed by atoms with E-state index in [1.807, 2.05) is 54.8 Å². The van der Waals surface area contributed by atoms with Crippen molar-refractivity contribution in [3.05, 3.63) is 70.2 Å². The van der Waals surface area contributed by atoms with Gasteiger partial charge in [-0.3, -0.25) is 4.79 Å². The molecule has 1 amide bonds. The summed E-state index contributed by atoms with van der Waals surface area (Å²) in [5.74, 6) is 0.449. The molecule has 0 aliphatic carbocycles. The molecule has 2 aromatic carbocycles. The van der Waals surface area contributed by atoms with Gasteiger partial charge in [0.05, 0.1) is 0 Å². The highest BCUT2D eigenvalue weighted by atomic mass is 35.5. The van der Waals surface area contributed by atoms with Crippen LogP contribution in [0.3, 0.4) is 0 Å². The minimum Gasteiger partial charge on any atom is -0.484 e. The molecule has 0 saturated carbocycles. The van der Waals surface area contributed by atoms with Crippen molar-refractivity contribution in [1.82, 2.24) is 10.3 Å². The van der Waals surface area contributed by atoms with Gasteiger partial charge >= 0.3 is 0 Å². The van der Waals surface area contributed by atoms with Gasteiger partial charge < -0.3 is 10.1 Å². The van der Waals surface area contributed by atoms with Crippen LogP contribution < -0.4 is 10.1 Å². The Morgan fingerprint density at radius 1 is 1.20 bits per heavy atom. The van der Waals surface area contributed by atoms with Crippen LogP contribution >= 0.6 is 22.9 Å². The Morgan fingerprint density at radius 2 is 1.96 bits per heavy atom. The molecule has 3 aromatic rings. The van der Waals surface area contributed by atoms with Gasteiger partial charge in [-0.15, -0.1) is 11.3 Å². The van der Waals surface area contributed by atoms with Gasteiger partial charge in [-0.25, -0.2) is 4.98 Å². The van der Waals surface area contributed by atoms with Crippen LogP contribution in [0.1, 0.15) is 11.3 Å². The Bertz CT molecular complexity index is 862. The fourth-order valence-corrected chi connectivity index (χ4v) is 3.22. The number of hydrogen-bond acceptors (Lipinski definition) is 4. The Kier molecular flexibility index (Phi) is 5.68. The molecule has 4 nitrogen and oxygen atoms in total. The number of carbonyl (C=O) groups excluding carboxylic acids is 1. The lowest BCUT2D eigenvalue weighted by molar-refractivity contribution is -0.123. The smallest absolute Gasteiger partial charge is 0.258 e. The van der Waals surface area contributed by atoms with Gasteiger partial charge in [0, 0.05) is 28.2 Å². The number of ether oxygens (including phenoxy) is 1. The second kappa shape index (κ2) is 8.14. The summed E-state index contributed by atoms with van der Waals surface area (Å²) in [4.78, 5) is 16.4. The molecular weight excluding hydrogens is 356 g/mol. The zero-order valence-electron chi connectivity index (χ0n) is 13.7. The van der Waals surface area contributed by atoms with E-state index in [0.717, 1.165) is 21.8 Å². The van der Waals surface area contributed by atoms with Gasteiger partial charge in [-0.1, -0.05) is 29.8 Å². The van der Waals surface area contributed by atoms with Crippen molar-refractivity contribution < 1.29 is 9.53 Å². The molecule has 0 aliphatic rings. The van der Waals surface area contributed by atoms with Crippen molar-refractivity contribution in [3.63, 3.8) is 0 Å². The number of nitrogens with one attached hydrogen (secondary N) is 1. The van der Waals surface area contributed by atoms with Gasteiger partial charge in [-0.2, -0.15) is 0 Å². The van der Waals surface area contributed by atoms with Crippen LogP contribution in [0.5, 0.6) is 5.75 Å². The van der Waals surface area contributed by atoms with Crippen LogP contribution in [0.4, 0.5) is 0 Å². The summed E-state index contributed by atoms with van der Waals surface area (Å²) in [6.45, 7) is 2.31. The van der Waals surface area contributed by atoms with Crippen molar-refractivity contribution in [2.75, 3.05) is 6.61 Å². The largest absolute Gasteiger partial charge is 0.484 e. The molecule has 25 heavy (non-hydrogen) atoms. The molecule has 6 heteroatoms. The number of amides is 1. The van der Waals surface area contributed by atoms with Crippen LogP contribution in [0.2, 0.25) is 5.02 Å². The Hall–Kier alpha value is -2.37. The first kappa shape index (κ1) is 17.5. The van der Waals surface area contributed by atoms with Crippen molar-refractivity contribution in [1.29, 1.82) is 0 Å². The first-order valence-corrected chi connectivity index (χ1v) is 9.03. The molecule has 128 valence electrons. The summed E-state index contributed by atoms with van der Waals surface area (Å²) in [5, 5.41) is 6.42. The summed E-state index contributed by atoms with van der Waals surface area (Å²) < 4.78 is 5.52. The molecule has 1 heterocycles. The summed E-state index contributed by atoms with van der Waals surface area (Å²) in [5.41, 5.74) is 2.92. The van der Waals surface area contributed by atoms with Crippen molar-refractivity contribution >= 4 is 28.8 Å².